The lowest BCUT2D eigenvalue weighted by Crippen LogP contribution is -1.98. The first-order valence-corrected chi connectivity index (χ1v) is 7.62. The van der Waals surface area contributed by atoms with Gasteiger partial charge in [-0.15, -0.1) is 0 Å². The van der Waals surface area contributed by atoms with Crippen LogP contribution < -0.4 is 5.73 Å². The van der Waals surface area contributed by atoms with Crippen molar-refractivity contribution in [3.05, 3.63) is 46.4 Å². The number of aromatic nitrogens is 2. The standard InChI is InChI=1S/C16H13Cl2N3/c17-10-6-9(7-11(19)8-10)16-20-14-3-1-2-13(18)15(14)21(16)12-4-5-12/h1-3,6-8,12H,4-5,19H2. The average Bonchev–Trinajstić information content (AvgIpc) is 3.18. The Balaban J connectivity index is 2.04. The third kappa shape index (κ3) is 2.17. The van der Waals surface area contributed by atoms with E-state index in [1.165, 1.54) is 0 Å². The molecule has 1 aliphatic rings. The predicted octanol–water partition coefficient (Wildman–Crippen LogP) is 4.93. The molecule has 106 valence electrons. The van der Waals surface area contributed by atoms with Gasteiger partial charge in [0.1, 0.15) is 5.82 Å². The van der Waals surface area contributed by atoms with Crippen molar-refractivity contribution in [2.75, 3.05) is 5.73 Å². The van der Waals surface area contributed by atoms with Crippen LogP contribution >= 0.6 is 23.2 Å². The smallest absolute Gasteiger partial charge is 0.141 e. The molecule has 0 amide bonds. The number of nitrogens with two attached hydrogens (primary N) is 1. The van der Waals surface area contributed by atoms with Gasteiger partial charge >= 0.3 is 0 Å². The zero-order chi connectivity index (χ0) is 14.6. The fraction of sp³-hybridized carbons (Fsp3) is 0.188. The van der Waals surface area contributed by atoms with Crippen LogP contribution in [0.25, 0.3) is 22.4 Å². The second kappa shape index (κ2) is 4.65. The van der Waals surface area contributed by atoms with Gasteiger partial charge in [-0.1, -0.05) is 29.3 Å². The minimum Gasteiger partial charge on any atom is -0.399 e. The van der Waals surface area contributed by atoms with Gasteiger partial charge in [-0.05, 0) is 43.2 Å². The number of imidazole rings is 1. The van der Waals surface area contributed by atoms with E-state index in [4.69, 9.17) is 33.9 Å². The predicted molar refractivity (Wildman–Crippen MR) is 87.9 cm³/mol. The number of benzene rings is 2. The summed E-state index contributed by atoms with van der Waals surface area (Å²) in [5.41, 5.74) is 9.38. The van der Waals surface area contributed by atoms with Crippen molar-refractivity contribution in [1.29, 1.82) is 0 Å². The molecule has 2 aromatic carbocycles. The fourth-order valence-electron chi connectivity index (χ4n) is 2.74. The van der Waals surface area contributed by atoms with E-state index in [1.807, 2.05) is 30.3 Å². The Morgan fingerprint density at radius 2 is 1.95 bits per heavy atom. The van der Waals surface area contributed by atoms with Crippen LogP contribution in [0.15, 0.2) is 36.4 Å². The van der Waals surface area contributed by atoms with Crippen molar-refractivity contribution in [2.45, 2.75) is 18.9 Å². The van der Waals surface area contributed by atoms with Gasteiger partial charge in [-0.25, -0.2) is 4.98 Å². The number of rotatable bonds is 2. The maximum absolute atomic E-state index is 6.39. The molecular weight excluding hydrogens is 305 g/mol. The number of fused-ring (bicyclic) bond motifs is 1. The van der Waals surface area contributed by atoms with Gasteiger partial charge in [-0.3, -0.25) is 0 Å². The largest absolute Gasteiger partial charge is 0.399 e. The Bertz CT molecular complexity index is 830. The summed E-state index contributed by atoms with van der Waals surface area (Å²) in [5, 5.41) is 1.35. The minimum absolute atomic E-state index is 0.463. The summed E-state index contributed by atoms with van der Waals surface area (Å²) in [6, 6.07) is 11.8. The Labute approximate surface area is 132 Å². The first-order chi connectivity index (χ1) is 10.1. The fourth-order valence-corrected chi connectivity index (χ4v) is 3.24. The molecule has 1 aromatic heterocycles. The van der Waals surface area contributed by atoms with Gasteiger partial charge in [0.15, 0.2) is 0 Å². The van der Waals surface area contributed by atoms with Crippen LogP contribution in [-0.4, -0.2) is 9.55 Å². The first kappa shape index (κ1) is 13.0. The van der Waals surface area contributed by atoms with Crippen LogP contribution in [0.3, 0.4) is 0 Å². The number of nitrogen functional groups attached to an aromatic ring is 1. The molecule has 0 atom stereocenters. The molecule has 0 radical (unpaired) electrons. The molecule has 2 N–H and O–H groups in total. The second-order valence-electron chi connectivity index (χ2n) is 5.42. The van der Waals surface area contributed by atoms with E-state index in [1.54, 1.807) is 6.07 Å². The van der Waals surface area contributed by atoms with Crippen LogP contribution in [0, 0.1) is 0 Å². The number of hydrogen-bond acceptors (Lipinski definition) is 2. The molecule has 0 spiro atoms. The van der Waals surface area contributed by atoms with Crippen LogP contribution in [0.5, 0.6) is 0 Å². The average molecular weight is 318 g/mol. The normalized spacial score (nSPS) is 14.8. The molecule has 0 saturated heterocycles. The minimum atomic E-state index is 0.463. The van der Waals surface area contributed by atoms with E-state index in [2.05, 4.69) is 4.57 Å². The highest BCUT2D eigenvalue weighted by Crippen LogP contribution is 2.43. The zero-order valence-corrected chi connectivity index (χ0v) is 12.7. The van der Waals surface area contributed by atoms with Gasteiger partial charge in [0.2, 0.25) is 0 Å². The van der Waals surface area contributed by atoms with E-state index in [9.17, 15) is 0 Å². The Morgan fingerprint density at radius 1 is 1.14 bits per heavy atom. The van der Waals surface area contributed by atoms with Crippen LogP contribution in [-0.2, 0) is 0 Å². The lowest BCUT2D eigenvalue weighted by Gasteiger charge is -2.09. The lowest BCUT2D eigenvalue weighted by atomic mass is 10.2. The number of halogens is 2. The van der Waals surface area contributed by atoms with E-state index >= 15 is 0 Å². The van der Waals surface area contributed by atoms with Crippen molar-refractivity contribution in [3.8, 4) is 11.4 Å². The van der Waals surface area contributed by atoms with Crippen LogP contribution in [0.1, 0.15) is 18.9 Å². The number of para-hydroxylation sites is 1. The molecule has 3 nitrogen and oxygen atoms in total. The third-order valence-corrected chi connectivity index (χ3v) is 4.27. The molecule has 21 heavy (non-hydrogen) atoms. The second-order valence-corrected chi connectivity index (χ2v) is 6.26. The number of nitrogens with zero attached hydrogens (tertiary/aromatic N) is 2. The Kier molecular flexibility index (Phi) is 2.88. The number of hydrogen-bond donors (Lipinski definition) is 1. The highest BCUT2D eigenvalue weighted by atomic mass is 35.5. The number of anilines is 1. The molecule has 1 saturated carbocycles. The molecule has 1 fully saturated rings. The van der Waals surface area contributed by atoms with Crippen LogP contribution in [0.2, 0.25) is 10.0 Å². The van der Waals surface area contributed by atoms with E-state index < -0.39 is 0 Å². The van der Waals surface area contributed by atoms with Gasteiger partial charge in [0.25, 0.3) is 0 Å². The molecule has 0 unspecified atom stereocenters. The van der Waals surface area contributed by atoms with Gasteiger partial charge < -0.3 is 10.3 Å². The maximum atomic E-state index is 6.39. The Morgan fingerprint density at radius 3 is 2.67 bits per heavy atom. The topological polar surface area (TPSA) is 43.8 Å². The van der Waals surface area contributed by atoms with E-state index in [-0.39, 0.29) is 0 Å². The summed E-state index contributed by atoms with van der Waals surface area (Å²) in [6.07, 6.45) is 2.31. The quantitative estimate of drug-likeness (QED) is 0.681. The summed E-state index contributed by atoms with van der Waals surface area (Å²) >= 11 is 12.5. The van der Waals surface area contributed by atoms with Crippen molar-refractivity contribution >= 4 is 39.9 Å². The highest BCUT2D eigenvalue weighted by molar-refractivity contribution is 6.35. The first-order valence-electron chi connectivity index (χ1n) is 6.86. The lowest BCUT2D eigenvalue weighted by molar-refractivity contribution is 0.775. The third-order valence-electron chi connectivity index (χ3n) is 3.75. The SMILES string of the molecule is Nc1cc(Cl)cc(-c2nc3cccc(Cl)c3n2C2CC2)c1. The van der Waals surface area contributed by atoms with Crippen molar-refractivity contribution < 1.29 is 0 Å². The molecule has 0 aliphatic heterocycles. The summed E-state index contributed by atoms with van der Waals surface area (Å²) < 4.78 is 2.22. The molecule has 1 aliphatic carbocycles. The van der Waals surface area contributed by atoms with Crippen molar-refractivity contribution in [3.63, 3.8) is 0 Å². The summed E-state index contributed by atoms with van der Waals surface area (Å²) in [4.78, 5) is 4.75. The summed E-state index contributed by atoms with van der Waals surface area (Å²) in [7, 11) is 0. The van der Waals surface area contributed by atoms with Gasteiger partial charge in [-0.2, -0.15) is 0 Å². The van der Waals surface area contributed by atoms with Crippen molar-refractivity contribution in [1.82, 2.24) is 9.55 Å². The Hall–Kier alpha value is -1.71. The molecule has 0 bridgehead atoms. The summed E-state index contributed by atoms with van der Waals surface area (Å²) in [5.74, 6) is 0.884. The van der Waals surface area contributed by atoms with Gasteiger partial charge in [0, 0.05) is 22.3 Å². The van der Waals surface area contributed by atoms with E-state index in [0.29, 0.717) is 16.8 Å². The molecular formula is C16H13Cl2N3. The zero-order valence-electron chi connectivity index (χ0n) is 11.2. The molecule has 4 rings (SSSR count). The van der Waals surface area contributed by atoms with Gasteiger partial charge in [0.05, 0.1) is 16.1 Å². The monoisotopic (exact) mass is 317 g/mol. The van der Waals surface area contributed by atoms with E-state index in [0.717, 1.165) is 40.3 Å². The molecule has 3 aromatic rings. The van der Waals surface area contributed by atoms with Crippen LogP contribution in [0.4, 0.5) is 5.69 Å². The van der Waals surface area contributed by atoms with Crippen molar-refractivity contribution in [2.24, 2.45) is 0 Å². The highest BCUT2D eigenvalue weighted by Gasteiger charge is 2.29. The molecule has 1 heterocycles. The molecule has 5 heteroatoms. The summed E-state index contributed by atoms with van der Waals surface area (Å²) in [6.45, 7) is 0. The maximum Gasteiger partial charge on any atom is 0.141 e.